The van der Waals surface area contributed by atoms with Crippen LogP contribution in [0.1, 0.15) is 23.6 Å². The molecule has 0 fully saturated rings. The third kappa shape index (κ3) is 3.72. The molecule has 1 atom stereocenters. The summed E-state index contributed by atoms with van der Waals surface area (Å²) in [7, 11) is 0. The molecule has 0 bridgehead atoms. The van der Waals surface area contributed by atoms with Crippen molar-refractivity contribution in [2.75, 3.05) is 5.01 Å². The fraction of sp³-hybridized carbons (Fsp3) is 0.0690. The molecule has 160 valence electrons. The number of anilines is 1. The quantitative estimate of drug-likeness (QED) is 0.221. The van der Waals surface area contributed by atoms with Crippen LogP contribution in [-0.4, -0.2) is 5.71 Å². The minimum absolute atomic E-state index is 0.0767. The largest absolute Gasteiger partial charge is 0.257 e. The lowest BCUT2D eigenvalue weighted by Crippen LogP contribution is -2.19. The van der Waals surface area contributed by atoms with Gasteiger partial charge < -0.3 is 0 Å². The van der Waals surface area contributed by atoms with E-state index in [-0.39, 0.29) is 6.04 Å². The van der Waals surface area contributed by atoms with Crippen LogP contribution in [-0.2, 0) is 0 Å². The lowest BCUT2D eigenvalue weighted by Gasteiger charge is -2.26. The van der Waals surface area contributed by atoms with E-state index in [1.165, 1.54) is 27.1 Å². The first-order valence-electron chi connectivity index (χ1n) is 11.0. The SMILES string of the molecule is Clc1ccc(C2=NN(c3ccc(Br)cc3)C(c3c4ccccc4cc4ccccc34)C2)cc1. The maximum Gasteiger partial charge on any atom is 0.0843 e. The van der Waals surface area contributed by atoms with Crippen LogP contribution >= 0.6 is 27.5 Å². The average molecular weight is 512 g/mol. The van der Waals surface area contributed by atoms with Crippen molar-refractivity contribution in [3.8, 4) is 0 Å². The Hall–Kier alpha value is -3.14. The molecule has 5 aromatic carbocycles. The first-order valence-corrected chi connectivity index (χ1v) is 12.1. The van der Waals surface area contributed by atoms with Gasteiger partial charge in [0.1, 0.15) is 0 Å². The van der Waals surface area contributed by atoms with Crippen LogP contribution in [0.3, 0.4) is 0 Å². The molecule has 0 aliphatic carbocycles. The summed E-state index contributed by atoms with van der Waals surface area (Å²) in [5.74, 6) is 0. The number of hydrogen-bond donors (Lipinski definition) is 0. The Bertz CT molecular complexity index is 1450. The van der Waals surface area contributed by atoms with Crippen LogP contribution in [0.5, 0.6) is 0 Å². The summed E-state index contributed by atoms with van der Waals surface area (Å²) in [6.07, 6.45) is 0.815. The molecule has 1 aliphatic heterocycles. The molecule has 5 aromatic rings. The standard InChI is InChI=1S/C29H20BrClN2/c30-22-11-15-24(16-12-22)33-28(18-27(32-33)19-9-13-23(31)14-10-19)29-25-7-3-1-5-20(25)17-21-6-2-4-8-26(21)29/h1-17,28H,18H2. The second-order valence-corrected chi connectivity index (χ2v) is 9.68. The summed E-state index contributed by atoms with van der Waals surface area (Å²) in [5.41, 5.74) is 4.56. The van der Waals surface area contributed by atoms with Crippen LogP contribution in [0.25, 0.3) is 21.5 Å². The Kier molecular flexibility index (Phi) is 5.17. The Morgan fingerprint density at radius 1 is 0.758 bits per heavy atom. The summed E-state index contributed by atoms with van der Waals surface area (Å²) in [4.78, 5) is 0. The van der Waals surface area contributed by atoms with E-state index in [0.717, 1.165) is 32.9 Å². The predicted octanol–water partition coefficient (Wildman–Crippen LogP) is 8.76. The second kappa shape index (κ2) is 8.33. The number of halogens is 2. The summed E-state index contributed by atoms with van der Waals surface area (Å²) < 4.78 is 1.06. The van der Waals surface area contributed by atoms with Crippen LogP contribution in [0.2, 0.25) is 5.02 Å². The molecule has 0 aromatic heterocycles. The monoisotopic (exact) mass is 510 g/mol. The first-order chi connectivity index (χ1) is 16.2. The highest BCUT2D eigenvalue weighted by Crippen LogP contribution is 2.43. The zero-order chi connectivity index (χ0) is 22.4. The van der Waals surface area contributed by atoms with Gasteiger partial charge in [-0.1, -0.05) is 88.2 Å². The zero-order valence-corrected chi connectivity index (χ0v) is 20.1. The van der Waals surface area contributed by atoms with Gasteiger partial charge in [0.15, 0.2) is 0 Å². The molecule has 4 heteroatoms. The van der Waals surface area contributed by atoms with Crippen LogP contribution in [0, 0.1) is 0 Å². The van der Waals surface area contributed by atoms with Gasteiger partial charge in [-0.3, -0.25) is 5.01 Å². The van der Waals surface area contributed by atoms with Crippen LogP contribution in [0.15, 0.2) is 113 Å². The van der Waals surface area contributed by atoms with E-state index in [1.807, 2.05) is 12.1 Å². The summed E-state index contributed by atoms with van der Waals surface area (Å²) in [6, 6.07) is 36.1. The summed E-state index contributed by atoms with van der Waals surface area (Å²) in [6.45, 7) is 0. The predicted molar refractivity (Wildman–Crippen MR) is 143 cm³/mol. The van der Waals surface area contributed by atoms with E-state index < -0.39 is 0 Å². The molecule has 0 saturated heterocycles. The van der Waals surface area contributed by atoms with Crippen molar-refractivity contribution < 1.29 is 0 Å². The van der Waals surface area contributed by atoms with Gasteiger partial charge in [-0.2, -0.15) is 5.10 Å². The van der Waals surface area contributed by atoms with Gasteiger partial charge in [-0.25, -0.2) is 0 Å². The van der Waals surface area contributed by atoms with E-state index in [9.17, 15) is 0 Å². The van der Waals surface area contributed by atoms with Gasteiger partial charge in [0.05, 0.1) is 17.4 Å². The molecule has 33 heavy (non-hydrogen) atoms. The molecular weight excluding hydrogens is 492 g/mol. The molecule has 6 rings (SSSR count). The topological polar surface area (TPSA) is 15.6 Å². The lowest BCUT2D eigenvalue weighted by molar-refractivity contribution is 0.719. The van der Waals surface area contributed by atoms with E-state index in [2.05, 4.69) is 112 Å². The maximum atomic E-state index is 6.16. The van der Waals surface area contributed by atoms with E-state index in [0.29, 0.717) is 0 Å². The molecule has 0 radical (unpaired) electrons. The van der Waals surface area contributed by atoms with Crippen molar-refractivity contribution in [3.63, 3.8) is 0 Å². The molecule has 0 saturated carbocycles. The van der Waals surface area contributed by atoms with E-state index in [4.69, 9.17) is 16.7 Å². The van der Waals surface area contributed by atoms with Crippen molar-refractivity contribution in [3.05, 3.63) is 124 Å². The van der Waals surface area contributed by atoms with Gasteiger partial charge in [0.25, 0.3) is 0 Å². The molecule has 1 heterocycles. The Balaban J connectivity index is 1.58. The van der Waals surface area contributed by atoms with Gasteiger partial charge in [-0.15, -0.1) is 0 Å². The molecule has 2 nitrogen and oxygen atoms in total. The number of nitrogens with zero attached hydrogens (tertiary/aromatic N) is 2. The number of hydrogen-bond acceptors (Lipinski definition) is 2. The van der Waals surface area contributed by atoms with Gasteiger partial charge in [-0.05, 0) is 75.1 Å². The average Bonchev–Trinajstić information content (AvgIpc) is 3.28. The van der Waals surface area contributed by atoms with Crippen molar-refractivity contribution in [1.82, 2.24) is 0 Å². The van der Waals surface area contributed by atoms with Crippen molar-refractivity contribution in [2.45, 2.75) is 12.5 Å². The minimum atomic E-state index is 0.0767. The third-order valence-corrected chi connectivity index (χ3v) is 7.11. The van der Waals surface area contributed by atoms with E-state index >= 15 is 0 Å². The van der Waals surface area contributed by atoms with E-state index in [1.54, 1.807) is 0 Å². The molecular formula is C29H20BrClN2. The molecule has 0 amide bonds. The lowest BCUT2D eigenvalue weighted by atomic mass is 9.89. The van der Waals surface area contributed by atoms with Crippen molar-refractivity contribution in [2.24, 2.45) is 5.10 Å². The first kappa shape index (κ1) is 20.5. The zero-order valence-electron chi connectivity index (χ0n) is 17.7. The van der Waals surface area contributed by atoms with Crippen molar-refractivity contribution in [1.29, 1.82) is 0 Å². The fourth-order valence-corrected chi connectivity index (χ4v) is 5.18. The number of benzene rings is 5. The van der Waals surface area contributed by atoms with Gasteiger partial charge in [0.2, 0.25) is 0 Å². The Morgan fingerprint density at radius 3 is 2.00 bits per heavy atom. The number of rotatable bonds is 3. The van der Waals surface area contributed by atoms with Crippen LogP contribution in [0.4, 0.5) is 5.69 Å². The second-order valence-electron chi connectivity index (χ2n) is 8.33. The number of fused-ring (bicyclic) bond motifs is 2. The molecule has 0 N–H and O–H groups in total. The number of hydrazone groups is 1. The highest BCUT2D eigenvalue weighted by Gasteiger charge is 2.32. The Morgan fingerprint density at radius 2 is 1.36 bits per heavy atom. The van der Waals surface area contributed by atoms with Crippen molar-refractivity contribution >= 4 is 60.5 Å². The minimum Gasteiger partial charge on any atom is -0.257 e. The molecule has 0 spiro atoms. The summed E-state index contributed by atoms with van der Waals surface area (Å²) >= 11 is 9.73. The van der Waals surface area contributed by atoms with Gasteiger partial charge >= 0.3 is 0 Å². The van der Waals surface area contributed by atoms with Gasteiger partial charge in [0, 0.05) is 15.9 Å². The highest BCUT2D eigenvalue weighted by atomic mass is 79.9. The third-order valence-electron chi connectivity index (χ3n) is 6.33. The fourth-order valence-electron chi connectivity index (χ4n) is 4.79. The summed E-state index contributed by atoms with van der Waals surface area (Å²) in [5, 5.41) is 13.1. The molecule has 1 unspecified atom stereocenters. The smallest absolute Gasteiger partial charge is 0.0843 e. The maximum absolute atomic E-state index is 6.16. The Labute approximate surface area is 206 Å². The van der Waals surface area contributed by atoms with Crippen LogP contribution < -0.4 is 5.01 Å². The highest BCUT2D eigenvalue weighted by molar-refractivity contribution is 9.10. The molecule has 1 aliphatic rings. The normalized spacial score (nSPS) is 15.9.